The predicted molar refractivity (Wildman–Crippen MR) is 596 cm³/mol. The summed E-state index contributed by atoms with van der Waals surface area (Å²) in [4.78, 5) is 8.16. The maximum Gasteiger partial charge on any atom is 0.252 e. The minimum Gasteiger partial charge on any atom is -0.356 e. The van der Waals surface area contributed by atoms with Crippen molar-refractivity contribution in [3.8, 4) is 55.9 Å². The third kappa shape index (κ3) is 13.7. The molecule has 4 atom stereocenters. The molecule has 0 amide bonds. The lowest BCUT2D eigenvalue weighted by Crippen LogP contribution is -2.64. The summed E-state index contributed by atoms with van der Waals surface area (Å²) in [6.07, 6.45) is 9.77. The quantitative estimate of drug-likeness (QED) is 0.146. The minimum atomic E-state index is -0.0978. The second-order valence-corrected chi connectivity index (χ2v) is 46.1. The molecule has 4 unspecified atom stereocenters. The number of hydrogen-bond donors (Lipinski definition) is 1. The molecule has 0 spiro atoms. The Hall–Kier alpha value is -13.3. The highest BCUT2D eigenvalue weighted by Gasteiger charge is 2.63. The summed E-state index contributed by atoms with van der Waals surface area (Å²) in [5, 5.41) is 9.44. The maximum atomic E-state index is 7.20. The molecule has 9 heteroatoms. The first-order valence-corrected chi connectivity index (χ1v) is 50.6. The van der Waals surface area contributed by atoms with Crippen molar-refractivity contribution < 1.29 is 0 Å². The molecular weight excluding hydrogens is 1690 g/mol. The summed E-state index contributed by atoms with van der Waals surface area (Å²) in [6.45, 7) is 37.7. The summed E-state index contributed by atoms with van der Waals surface area (Å²) < 4.78 is 5.21. The van der Waals surface area contributed by atoms with Crippen molar-refractivity contribution in [3.05, 3.63) is 378 Å². The number of anilines is 9. The van der Waals surface area contributed by atoms with Crippen LogP contribution in [0.2, 0.25) is 5.02 Å². The van der Waals surface area contributed by atoms with Crippen LogP contribution in [0.3, 0.4) is 0 Å². The van der Waals surface area contributed by atoms with Crippen LogP contribution in [-0.2, 0) is 32.5 Å². The number of nitrogens with one attached hydrogen (secondary N) is 1. The number of aromatic nitrogens is 2. The lowest BCUT2D eigenvalue weighted by Gasteiger charge is -2.52. The highest BCUT2D eigenvalue weighted by Crippen LogP contribution is 2.64. The van der Waals surface area contributed by atoms with Crippen molar-refractivity contribution >= 4 is 153 Å². The van der Waals surface area contributed by atoms with Gasteiger partial charge in [-0.05, 0) is 281 Å². The van der Waals surface area contributed by atoms with Gasteiger partial charge >= 0.3 is 0 Å². The topological polar surface area (TPSA) is 31.6 Å². The first kappa shape index (κ1) is 88.7. The average molecular weight is 1820 g/mol. The fourth-order valence-electron chi connectivity index (χ4n) is 25.9. The summed E-state index contributed by atoms with van der Waals surface area (Å²) >= 11 is 7.20. The molecule has 16 aromatic carbocycles. The zero-order valence-electron chi connectivity index (χ0n) is 82.3. The van der Waals surface area contributed by atoms with Crippen LogP contribution in [0, 0.1) is 0 Å². The Morgan fingerprint density at radius 1 is 0.297 bits per heavy atom. The van der Waals surface area contributed by atoms with Gasteiger partial charge in [-0.1, -0.05) is 372 Å². The molecule has 138 heavy (non-hydrogen) atoms. The number of halogens is 1. The van der Waals surface area contributed by atoms with Gasteiger partial charge in [0, 0.05) is 105 Å². The van der Waals surface area contributed by atoms with E-state index >= 15 is 0 Å². The molecule has 2 aliphatic carbocycles. The molecule has 2 aromatic heterocycles. The number of benzene rings is 16. The Kier molecular flexibility index (Phi) is 20.7. The summed E-state index contributed by atoms with van der Waals surface area (Å²) in [7, 11) is 0. The van der Waals surface area contributed by atoms with Crippen LogP contribution in [0.5, 0.6) is 0 Å². The summed E-state index contributed by atoms with van der Waals surface area (Å²) in [6, 6.07) is 128. The Labute approximate surface area is 823 Å². The van der Waals surface area contributed by atoms with Crippen LogP contribution in [-0.4, -0.2) is 33.6 Å². The molecule has 2 fully saturated rings. The maximum absolute atomic E-state index is 7.20. The van der Waals surface area contributed by atoms with E-state index in [0.717, 1.165) is 34.2 Å². The fraction of sp³-hybridized carbons (Fsp3) is 0.256. The van der Waals surface area contributed by atoms with Gasteiger partial charge in [-0.3, -0.25) is 0 Å². The smallest absolute Gasteiger partial charge is 0.252 e. The molecule has 6 aliphatic heterocycles. The summed E-state index contributed by atoms with van der Waals surface area (Å²) in [5.41, 5.74) is 46.2. The lowest BCUT2D eigenvalue weighted by atomic mass is 9.33. The minimum absolute atomic E-state index is 0. The molecule has 684 valence electrons. The second-order valence-electron chi connectivity index (χ2n) is 45.6. The van der Waals surface area contributed by atoms with Gasteiger partial charge in [0.2, 0.25) is 0 Å². The number of hydrogen-bond acceptors (Lipinski definition) is 4. The Morgan fingerprint density at radius 2 is 0.623 bits per heavy atom. The van der Waals surface area contributed by atoms with E-state index in [0.29, 0.717) is 0 Å². The van der Waals surface area contributed by atoms with Crippen LogP contribution in [0.25, 0.3) is 99.5 Å². The van der Waals surface area contributed by atoms with E-state index in [2.05, 4.69) is 480 Å². The average Bonchev–Trinajstić information content (AvgIpc) is 1.49. The number of para-hydroxylation sites is 2. The van der Waals surface area contributed by atoms with Gasteiger partial charge in [0.1, 0.15) is 0 Å². The summed E-state index contributed by atoms with van der Waals surface area (Å²) in [5.74, 6) is 0. The van der Waals surface area contributed by atoms with Gasteiger partial charge in [-0.2, -0.15) is 0 Å². The van der Waals surface area contributed by atoms with Gasteiger partial charge in [0.15, 0.2) is 0 Å². The van der Waals surface area contributed by atoms with Crippen molar-refractivity contribution in [2.45, 2.75) is 213 Å². The first-order chi connectivity index (χ1) is 65.8. The SMILES string of the molecule is C.CC(C)(C)c1ccc(N(c2ccc(C(C)(C)C)cc2)c2cc3c4c(c2)-n2c5ccc(-c6ccccc6)cc5c5cc(-c6ccccc6)cc(c52)B4c2cccc4c2N3C2(C)CCCCC42C)cc1.CC(C)(C)c1ccc(Nc2ccc(C(C)(C)C)cc2)cc1.CC12CCCCC1(C)N1c3cc(Cl)cc4c3B(c3cccc2c31)c1cc(-c2ccccc2)cc2c3cc(-c5ccccc5)ccc3n-4c12. The van der Waals surface area contributed by atoms with Crippen LogP contribution < -0.4 is 52.8 Å². The molecule has 26 rings (SSSR count). The van der Waals surface area contributed by atoms with Gasteiger partial charge < -0.3 is 29.2 Å². The van der Waals surface area contributed by atoms with Gasteiger partial charge in [0.25, 0.3) is 13.4 Å². The highest BCUT2D eigenvalue weighted by molar-refractivity contribution is 7.01. The third-order valence-corrected chi connectivity index (χ3v) is 33.8. The normalized spacial score (nSPS) is 18.7. The molecule has 8 aliphatic rings. The molecule has 0 radical (unpaired) electrons. The van der Waals surface area contributed by atoms with Crippen molar-refractivity contribution in [1.82, 2.24) is 9.13 Å². The largest absolute Gasteiger partial charge is 0.356 e. The lowest BCUT2D eigenvalue weighted by molar-refractivity contribution is 0.195. The molecule has 0 saturated heterocycles. The second kappa shape index (κ2) is 32.2. The van der Waals surface area contributed by atoms with Gasteiger partial charge in [0.05, 0.1) is 27.8 Å². The molecule has 6 nitrogen and oxygen atoms in total. The number of rotatable bonds is 9. The van der Waals surface area contributed by atoms with E-state index in [4.69, 9.17) is 11.6 Å². The van der Waals surface area contributed by atoms with Gasteiger partial charge in [-0.25, -0.2) is 0 Å². The number of nitrogens with zero attached hydrogens (tertiary/aromatic N) is 5. The predicted octanol–water partition coefficient (Wildman–Crippen LogP) is 31.4. The monoisotopic (exact) mass is 1810 g/mol. The van der Waals surface area contributed by atoms with Crippen molar-refractivity contribution in [2.75, 3.05) is 20.0 Å². The van der Waals surface area contributed by atoms with Crippen molar-refractivity contribution in [2.24, 2.45) is 0 Å². The standard InChI is InChI=1S/C64H60BN3.C44H34BClN2.C20H27N.CH4/c1-61(2,3)45-25-29-47(30-26-45)66(48-31-27-46(28-32-48)62(4,5)6)49-39-56-58-57(40-49)68-60-52(63(7)34-15-16-35-64(63,68)8)22-17-23-53(60)65(58)54-38-44(42-20-13-10-14-21-42)37-51-50-36-43(41-18-11-9-12-19-41)24-33-55(50)67(56)59(51)54;1-43-20-9-10-21-44(43,2)48-39-26-31(46)25-38-40(39)45(35-17-11-16-34(43)42(35)48)36-24-30(28-14-7-4-8-15-28)23-33-32-22-29(27-12-5-3-6-13-27)18-19-37(32)47(38)41(33)36;1-19(2,3)15-7-11-17(12-8-15)21-18-13-9-16(10-14-18)20(4,5)6;/h9-14,17-33,36-40H,15-16,34-35H2,1-8H3;3-8,11-19,22-26H,9-10,20-21H2,1-2H3;7-14,21H,1-6H3;1H4. The van der Waals surface area contributed by atoms with E-state index in [9.17, 15) is 0 Å². The van der Waals surface area contributed by atoms with Crippen molar-refractivity contribution in [1.29, 1.82) is 0 Å². The zero-order valence-corrected chi connectivity index (χ0v) is 83.0. The van der Waals surface area contributed by atoms with Crippen LogP contribution in [0.4, 0.5) is 51.2 Å². The Balaban J connectivity index is 0.000000132. The van der Waals surface area contributed by atoms with E-state index in [1.54, 1.807) is 0 Å². The van der Waals surface area contributed by atoms with E-state index < -0.39 is 0 Å². The van der Waals surface area contributed by atoms with Crippen molar-refractivity contribution in [3.63, 3.8) is 0 Å². The van der Waals surface area contributed by atoms with Crippen LogP contribution in [0.1, 0.15) is 203 Å². The Bertz CT molecular complexity index is 7790. The zero-order chi connectivity index (χ0) is 94.1. The highest BCUT2D eigenvalue weighted by atomic mass is 35.5. The molecule has 18 aromatic rings. The third-order valence-electron chi connectivity index (χ3n) is 33.6. The Morgan fingerprint density at radius 3 is 1.00 bits per heavy atom. The van der Waals surface area contributed by atoms with Crippen LogP contribution in [0.15, 0.2) is 340 Å². The molecule has 2 saturated carbocycles. The number of fused-ring (bicyclic) bond motifs is 20. The van der Waals surface area contributed by atoms with E-state index in [-0.39, 0.29) is 64.4 Å². The van der Waals surface area contributed by atoms with Crippen LogP contribution >= 0.6 is 11.6 Å². The molecule has 8 heterocycles. The molecule has 0 bridgehead atoms. The molecular formula is C129H125B2ClN6. The van der Waals surface area contributed by atoms with E-state index in [1.165, 1.54) is 239 Å². The molecule has 1 N–H and O–H groups in total. The van der Waals surface area contributed by atoms with E-state index in [1.807, 2.05) is 0 Å². The van der Waals surface area contributed by atoms with Gasteiger partial charge in [-0.15, -0.1) is 0 Å². The fourth-order valence-corrected chi connectivity index (χ4v) is 26.1. The first-order valence-electron chi connectivity index (χ1n) is 50.2.